The van der Waals surface area contributed by atoms with Crippen molar-refractivity contribution in [3.05, 3.63) is 66.3 Å². The van der Waals surface area contributed by atoms with Gasteiger partial charge in [0.1, 0.15) is 11.6 Å². The Kier molecular flexibility index (Phi) is 8.33. The molecule has 0 N–H and O–H groups in total. The van der Waals surface area contributed by atoms with Gasteiger partial charge in [0.2, 0.25) is 0 Å². The molecule has 4 rings (SSSR count). The van der Waals surface area contributed by atoms with Crippen molar-refractivity contribution in [3.8, 4) is 16.9 Å². The van der Waals surface area contributed by atoms with Crippen molar-refractivity contribution in [3.63, 3.8) is 0 Å². The van der Waals surface area contributed by atoms with Gasteiger partial charge in [0, 0.05) is 11.6 Å². The van der Waals surface area contributed by atoms with Gasteiger partial charge in [-0.1, -0.05) is 6.08 Å². The lowest BCUT2D eigenvalue weighted by Gasteiger charge is -2.37. The molecule has 8 heteroatoms. The molecule has 2 aromatic carbocycles. The molecule has 2 aromatic rings. The zero-order chi connectivity index (χ0) is 25.9. The number of hydrogen-bond acceptors (Lipinski definition) is 2. The van der Waals surface area contributed by atoms with Crippen LogP contribution in [0.25, 0.3) is 11.1 Å². The predicted octanol–water partition coefficient (Wildman–Crippen LogP) is 8.45. The Balaban J connectivity index is 1.27. The Labute approximate surface area is 207 Å². The molecule has 0 bridgehead atoms. The highest BCUT2D eigenvalue weighted by molar-refractivity contribution is 5.65. The third kappa shape index (κ3) is 6.44. The first-order valence-corrected chi connectivity index (χ1v) is 12.4. The Hall–Kier alpha value is -2.48. The molecular weight excluding hydrogens is 482 g/mol. The summed E-state index contributed by atoms with van der Waals surface area (Å²) in [6.45, 7) is 2.92. The van der Waals surface area contributed by atoms with E-state index in [0.29, 0.717) is 36.0 Å². The second-order valence-corrected chi connectivity index (χ2v) is 9.89. The number of allylic oxidation sites excluding steroid dienone is 1. The van der Waals surface area contributed by atoms with Gasteiger partial charge in [-0.05, 0) is 98.9 Å². The van der Waals surface area contributed by atoms with Gasteiger partial charge in [-0.25, -0.2) is 17.6 Å². The Morgan fingerprint density at radius 2 is 1.39 bits per heavy atom. The molecule has 0 heterocycles. The molecule has 0 aromatic heterocycles. The lowest BCUT2D eigenvalue weighted by molar-refractivity contribution is -0.222. The van der Waals surface area contributed by atoms with Crippen molar-refractivity contribution in [2.24, 2.45) is 17.8 Å². The SMILES string of the molecule is C=CC1CCC(C2CCC(OCC(F)(F)Oc3ccc(-c4cc(F)c(F)c(F)c4)c(F)c3)CC2)CC1. The van der Waals surface area contributed by atoms with Crippen LogP contribution in [0, 0.1) is 41.0 Å². The molecule has 196 valence electrons. The molecule has 0 spiro atoms. The van der Waals surface area contributed by atoms with Gasteiger partial charge in [0.05, 0.1) is 6.10 Å². The van der Waals surface area contributed by atoms with Crippen molar-refractivity contribution >= 4 is 0 Å². The summed E-state index contributed by atoms with van der Waals surface area (Å²) in [5.41, 5.74) is -0.552. The van der Waals surface area contributed by atoms with Crippen molar-refractivity contribution in [1.82, 2.24) is 0 Å². The van der Waals surface area contributed by atoms with E-state index in [2.05, 4.69) is 11.3 Å². The smallest absolute Gasteiger partial charge is 0.421 e. The third-order valence-electron chi connectivity index (χ3n) is 7.52. The lowest BCUT2D eigenvalue weighted by atomic mass is 9.70. The van der Waals surface area contributed by atoms with Crippen molar-refractivity contribution in [2.45, 2.75) is 63.6 Å². The van der Waals surface area contributed by atoms with E-state index >= 15 is 0 Å². The van der Waals surface area contributed by atoms with Crippen LogP contribution in [0.15, 0.2) is 43.0 Å². The van der Waals surface area contributed by atoms with Gasteiger partial charge in [-0.15, -0.1) is 6.58 Å². The fourth-order valence-corrected chi connectivity index (χ4v) is 5.50. The molecular formula is C28H30F6O2. The van der Waals surface area contributed by atoms with Crippen LogP contribution in [0.5, 0.6) is 5.75 Å². The van der Waals surface area contributed by atoms with Crippen LogP contribution in [0.1, 0.15) is 51.4 Å². The van der Waals surface area contributed by atoms with E-state index in [1.165, 1.54) is 25.7 Å². The molecule has 0 amide bonds. The molecule has 2 aliphatic rings. The van der Waals surface area contributed by atoms with Crippen LogP contribution in [0.3, 0.4) is 0 Å². The summed E-state index contributed by atoms with van der Waals surface area (Å²) < 4.78 is 93.4. The summed E-state index contributed by atoms with van der Waals surface area (Å²) >= 11 is 0. The first kappa shape index (κ1) is 26.6. The molecule has 2 aliphatic carbocycles. The maximum absolute atomic E-state index is 14.5. The number of ether oxygens (including phenoxy) is 2. The average molecular weight is 513 g/mol. The second-order valence-electron chi connectivity index (χ2n) is 9.89. The largest absolute Gasteiger partial charge is 0.431 e. The Morgan fingerprint density at radius 3 is 1.94 bits per heavy atom. The van der Waals surface area contributed by atoms with E-state index in [1.807, 2.05) is 6.08 Å². The normalized spacial score (nSPS) is 24.9. The van der Waals surface area contributed by atoms with Gasteiger partial charge in [-0.3, -0.25) is 0 Å². The monoisotopic (exact) mass is 512 g/mol. The summed E-state index contributed by atoms with van der Waals surface area (Å²) in [5, 5.41) is 0. The molecule has 2 saturated carbocycles. The Bertz CT molecular complexity index is 1030. The Morgan fingerprint density at radius 1 is 0.806 bits per heavy atom. The quantitative estimate of drug-likeness (QED) is 0.201. The van der Waals surface area contributed by atoms with E-state index < -0.39 is 41.7 Å². The molecule has 36 heavy (non-hydrogen) atoms. The van der Waals surface area contributed by atoms with Crippen molar-refractivity contribution in [2.75, 3.05) is 6.61 Å². The third-order valence-corrected chi connectivity index (χ3v) is 7.52. The maximum atomic E-state index is 14.5. The number of hydrogen-bond donors (Lipinski definition) is 0. The van der Waals surface area contributed by atoms with Crippen LogP contribution in [-0.4, -0.2) is 18.8 Å². The number of halogens is 6. The second kappa shape index (κ2) is 11.3. The van der Waals surface area contributed by atoms with E-state index in [9.17, 15) is 26.3 Å². The molecule has 0 unspecified atom stereocenters. The van der Waals surface area contributed by atoms with E-state index in [4.69, 9.17) is 4.74 Å². The van der Waals surface area contributed by atoms with Crippen LogP contribution >= 0.6 is 0 Å². The van der Waals surface area contributed by atoms with Gasteiger partial charge in [0.15, 0.2) is 24.1 Å². The van der Waals surface area contributed by atoms with Crippen LogP contribution in [0.2, 0.25) is 0 Å². The molecule has 2 nitrogen and oxygen atoms in total. The highest BCUT2D eigenvalue weighted by atomic mass is 19.3. The zero-order valence-corrected chi connectivity index (χ0v) is 19.9. The van der Waals surface area contributed by atoms with E-state index in [-0.39, 0.29) is 17.2 Å². The van der Waals surface area contributed by atoms with E-state index in [1.54, 1.807) is 0 Å². The molecule has 0 saturated heterocycles. The first-order valence-electron chi connectivity index (χ1n) is 12.4. The van der Waals surface area contributed by atoms with Crippen LogP contribution in [-0.2, 0) is 4.74 Å². The summed E-state index contributed by atoms with van der Waals surface area (Å²) in [6, 6.07) is 4.03. The summed E-state index contributed by atoms with van der Waals surface area (Å²) in [5.74, 6) is -4.25. The first-order chi connectivity index (χ1) is 17.1. The topological polar surface area (TPSA) is 18.5 Å². The van der Waals surface area contributed by atoms with Gasteiger partial charge < -0.3 is 9.47 Å². The minimum atomic E-state index is -3.69. The van der Waals surface area contributed by atoms with Gasteiger partial charge >= 0.3 is 6.11 Å². The number of alkyl halides is 2. The fourth-order valence-electron chi connectivity index (χ4n) is 5.50. The van der Waals surface area contributed by atoms with Gasteiger partial charge in [0.25, 0.3) is 0 Å². The molecule has 0 atom stereocenters. The highest BCUT2D eigenvalue weighted by Gasteiger charge is 2.36. The van der Waals surface area contributed by atoms with E-state index in [0.717, 1.165) is 37.8 Å². The van der Waals surface area contributed by atoms with Crippen LogP contribution in [0.4, 0.5) is 26.3 Å². The fraction of sp³-hybridized carbons (Fsp3) is 0.500. The lowest BCUT2D eigenvalue weighted by Crippen LogP contribution is -2.35. The van der Waals surface area contributed by atoms with Crippen molar-refractivity contribution in [1.29, 1.82) is 0 Å². The molecule has 0 radical (unpaired) electrons. The number of benzene rings is 2. The molecule has 2 fully saturated rings. The number of rotatable bonds is 8. The van der Waals surface area contributed by atoms with Crippen molar-refractivity contribution < 1.29 is 35.8 Å². The summed E-state index contributed by atoms with van der Waals surface area (Å²) in [7, 11) is 0. The zero-order valence-electron chi connectivity index (χ0n) is 19.9. The van der Waals surface area contributed by atoms with Crippen LogP contribution < -0.4 is 4.74 Å². The standard InChI is InChI=1S/C28H30F6O2/c1-2-17-3-5-18(6-4-17)19-7-9-21(10-8-19)35-16-28(33,34)36-22-11-12-23(24(29)15-22)20-13-25(30)27(32)26(31)14-20/h2,11-15,17-19,21H,1,3-10,16H2. The minimum Gasteiger partial charge on any atom is -0.431 e. The molecule has 0 aliphatic heterocycles. The highest BCUT2D eigenvalue weighted by Crippen LogP contribution is 2.41. The average Bonchev–Trinajstić information content (AvgIpc) is 2.86. The van der Waals surface area contributed by atoms with Gasteiger partial charge in [-0.2, -0.15) is 8.78 Å². The predicted molar refractivity (Wildman–Crippen MR) is 125 cm³/mol. The summed E-state index contributed by atoms with van der Waals surface area (Å²) in [4.78, 5) is 0. The maximum Gasteiger partial charge on any atom is 0.421 e. The summed E-state index contributed by atoms with van der Waals surface area (Å²) in [6.07, 6.45) is 6.16. The minimum absolute atomic E-state index is 0.269.